The summed E-state index contributed by atoms with van der Waals surface area (Å²) in [6, 6.07) is 8.66. The molecular formula is C28H25N3O8. The molecule has 0 N–H and O–H groups in total. The number of nitrogens with zero attached hydrogens (tertiary/aromatic N) is 3. The number of carbonyl (C=O) groups excluding carboxylic acids is 4. The standard InChI is InChI=1S/C28H25N3O8/c1-14-9-19(6-8-20(14)30-26(33)24-15-3-4-16(10-15)25(24)27(30)34)39-28(35)17-11-23(32)29(13-17)21-7-5-18(31(36)37)12-22(21)38-2/h3-9,12,15-17,24-25H,10-11,13H2,1-2H3/t15-,16-,17+,24-,25-/m0/s1. The molecule has 2 heterocycles. The second-order valence-corrected chi connectivity index (χ2v) is 10.4. The molecule has 11 heteroatoms. The first-order valence-electron chi connectivity index (χ1n) is 12.7. The SMILES string of the molecule is COc1cc([N+](=O)[O-])ccc1N1C[C@H](C(=O)Oc2ccc(N3C(=O)[C@@H]4[C@@H](C3=O)[C@H]3C=C[C@H]4C3)c(C)c2)CC1=O. The number of benzene rings is 2. The fourth-order valence-corrected chi connectivity index (χ4v) is 6.38. The van der Waals surface area contributed by atoms with Crippen LogP contribution in [0.4, 0.5) is 17.1 Å². The van der Waals surface area contributed by atoms with Crippen LogP contribution in [0.5, 0.6) is 11.5 Å². The number of amides is 3. The van der Waals surface area contributed by atoms with Crippen molar-refractivity contribution in [3.8, 4) is 11.5 Å². The van der Waals surface area contributed by atoms with Crippen molar-refractivity contribution in [3.63, 3.8) is 0 Å². The monoisotopic (exact) mass is 531 g/mol. The Kier molecular flexibility index (Phi) is 5.74. The lowest BCUT2D eigenvalue weighted by atomic mass is 9.85. The Bertz CT molecular complexity index is 1450. The zero-order valence-electron chi connectivity index (χ0n) is 21.2. The Morgan fingerprint density at radius 3 is 2.28 bits per heavy atom. The summed E-state index contributed by atoms with van der Waals surface area (Å²) in [5.41, 5.74) is 1.24. The highest BCUT2D eigenvalue weighted by Crippen LogP contribution is 2.53. The van der Waals surface area contributed by atoms with Crippen LogP contribution in [0.15, 0.2) is 48.6 Å². The fourth-order valence-electron chi connectivity index (χ4n) is 6.38. The molecule has 0 radical (unpaired) electrons. The van der Waals surface area contributed by atoms with Gasteiger partial charge in [-0.2, -0.15) is 0 Å². The number of esters is 1. The van der Waals surface area contributed by atoms with Crippen molar-refractivity contribution in [3.05, 3.63) is 64.2 Å². The molecule has 5 atom stereocenters. The van der Waals surface area contributed by atoms with Gasteiger partial charge in [0.05, 0.1) is 47.2 Å². The molecule has 200 valence electrons. The van der Waals surface area contributed by atoms with Gasteiger partial charge in [-0.05, 0) is 55.0 Å². The minimum Gasteiger partial charge on any atom is -0.494 e. The van der Waals surface area contributed by atoms with Crippen LogP contribution < -0.4 is 19.3 Å². The molecule has 2 saturated heterocycles. The average molecular weight is 532 g/mol. The maximum Gasteiger partial charge on any atom is 0.316 e. The number of hydrogen-bond acceptors (Lipinski definition) is 8. The predicted octanol–water partition coefficient (Wildman–Crippen LogP) is 3.18. The number of nitro groups is 1. The lowest BCUT2D eigenvalue weighted by molar-refractivity contribution is -0.384. The summed E-state index contributed by atoms with van der Waals surface area (Å²) in [4.78, 5) is 65.1. The Morgan fingerprint density at radius 1 is 1.00 bits per heavy atom. The van der Waals surface area contributed by atoms with E-state index in [1.165, 1.54) is 41.2 Å². The molecular weight excluding hydrogens is 506 g/mol. The zero-order chi connectivity index (χ0) is 27.6. The van der Waals surface area contributed by atoms with Crippen LogP contribution in [0.3, 0.4) is 0 Å². The van der Waals surface area contributed by atoms with Gasteiger partial charge in [0.25, 0.3) is 5.69 Å². The topological polar surface area (TPSA) is 136 Å². The molecule has 3 fully saturated rings. The fraction of sp³-hybridized carbons (Fsp3) is 0.357. The number of ether oxygens (including phenoxy) is 2. The maximum atomic E-state index is 13.2. The molecule has 2 aliphatic heterocycles. The molecule has 39 heavy (non-hydrogen) atoms. The summed E-state index contributed by atoms with van der Waals surface area (Å²) in [7, 11) is 1.34. The minimum atomic E-state index is -0.763. The largest absolute Gasteiger partial charge is 0.494 e. The number of nitro benzene ring substituents is 1. The quantitative estimate of drug-likeness (QED) is 0.138. The van der Waals surface area contributed by atoms with E-state index in [2.05, 4.69) is 0 Å². The van der Waals surface area contributed by atoms with Crippen LogP contribution in [0.25, 0.3) is 0 Å². The number of aryl methyl sites for hydroxylation is 1. The van der Waals surface area contributed by atoms with Gasteiger partial charge in [0, 0.05) is 19.0 Å². The first kappa shape index (κ1) is 24.8. The molecule has 6 rings (SSSR count). The van der Waals surface area contributed by atoms with Crippen molar-refractivity contribution in [2.75, 3.05) is 23.5 Å². The number of non-ortho nitro benzene ring substituents is 1. The van der Waals surface area contributed by atoms with E-state index in [0.717, 1.165) is 6.42 Å². The summed E-state index contributed by atoms with van der Waals surface area (Å²) >= 11 is 0. The minimum absolute atomic E-state index is 0.0266. The highest BCUT2D eigenvalue weighted by Gasteiger charge is 2.59. The molecule has 2 bridgehead atoms. The van der Waals surface area contributed by atoms with E-state index >= 15 is 0 Å². The van der Waals surface area contributed by atoms with E-state index < -0.39 is 16.8 Å². The summed E-state index contributed by atoms with van der Waals surface area (Å²) in [6.07, 6.45) is 4.85. The van der Waals surface area contributed by atoms with Gasteiger partial charge in [-0.15, -0.1) is 0 Å². The van der Waals surface area contributed by atoms with Gasteiger partial charge < -0.3 is 14.4 Å². The number of rotatable bonds is 6. The molecule has 4 aliphatic rings. The van der Waals surface area contributed by atoms with Crippen LogP contribution in [-0.2, 0) is 19.2 Å². The Hall–Kier alpha value is -4.54. The molecule has 1 saturated carbocycles. The smallest absolute Gasteiger partial charge is 0.316 e. The Morgan fingerprint density at radius 2 is 1.67 bits per heavy atom. The van der Waals surface area contributed by atoms with Gasteiger partial charge in [-0.25, -0.2) is 4.90 Å². The van der Waals surface area contributed by atoms with Crippen molar-refractivity contribution >= 4 is 40.8 Å². The summed E-state index contributed by atoms with van der Waals surface area (Å²) in [6.45, 7) is 1.77. The molecule has 2 aromatic carbocycles. The van der Waals surface area contributed by atoms with Gasteiger partial charge in [0.1, 0.15) is 11.5 Å². The van der Waals surface area contributed by atoms with E-state index in [-0.39, 0.29) is 71.5 Å². The van der Waals surface area contributed by atoms with Gasteiger partial charge in [-0.1, -0.05) is 12.2 Å². The zero-order valence-corrected chi connectivity index (χ0v) is 21.2. The van der Waals surface area contributed by atoms with E-state index in [1.54, 1.807) is 19.1 Å². The summed E-state index contributed by atoms with van der Waals surface area (Å²) in [5.74, 6) is -2.06. The van der Waals surface area contributed by atoms with Crippen LogP contribution in [0, 0.1) is 46.6 Å². The second-order valence-electron chi connectivity index (χ2n) is 10.4. The van der Waals surface area contributed by atoms with Crippen LogP contribution in [0.2, 0.25) is 0 Å². The lowest BCUT2D eigenvalue weighted by Gasteiger charge is -2.20. The first-order chi connectivity index (χ1) is 18.7. The van der Waals surface area contributed by atoms with Gasteiger partial charge in [-0.3, -0.25) is 29.3 Å². The number of methoxy groups -OCH3 is 1. The van der Waals surface area contributed by atoms with Crippen molar-refractivity contribution in [2.24, 2.45) is 29.6 Å². The normalized spacial score (nSPS) is 26.9. The maximum absolute atomic E-state index is 13.2. The second kappa shape index (κ2) is 9.04. The molecule has 11 nitrogen and oxygen atoms in total. The number of carbonyl (C=O) groups is 4. The third-order valence-electron chi connectivity index (χ3n) is 8.22. The lowest BCUT2D eigenvalue weighted by Crippen LogP contribution is -2.33. The number of hydrogen-bond donors (Lipinski definition) is 0. The third-order valence-corrected chi connectivity index (χ3v) is 8.22. The first-order valence-corrected chi connectivity index (χ1v) is 12.7. The van der Waals surface area contributed by atoms with Crippen molar-refractivity contribution in [2.45, 2.75) is 19.8 Å². The highest BCUT2D eigenvalue weighted by molar-refractivity contribution is 6.23. The molecule has 3 amide bonds. The summed E-state index contributed by atoms with van der Waals surface area (Å²) < 4.78 is 10.8. The molecule has 0 unspecified atom stereocenters. The van der Waals surface area contributed by atoms with Crippen LogP contribution in [0.1, 0.15) is 18.4 Å². The Balaban J connectivity index is 1.15. The van der Waals surface area contributed by atoms with E-state index in [0.29, 0.717) is 16.9 Å². The Labute approximate surface area is 223 Å². The van der Waals surface area contributed by atoms with Crippen molar-refractivity contribution < 1.29 is 33.6 Å². The van der Waals surface area contributed by atoms with Crippen LogP contribution in [-0.4, -0.2) is 42.3 Å². The number of anilines is 2. The molecule has 0 spiro atoms. The van der Waals surface area contributed by atoms with Crippen molar-refractivity contribution in [1.82, 2.24) is 0 Å². The summed E-state index contributed by atoms with van der Waals surface area (Å²) in [5, 5.41) is 11.1. The van der Waals surface area contributed by atoms with E-state index in [4.69, 9.17) is 9.47 Å². The molecule has 2 aromatic rings. The van der Waals surface area contributed by atoms with Gasteiger partial charge in [0.2, 0.25) is 17.7 Å². The molecule has 2 aliphatic carbocycles. The van der Waals surface area contributed by atoms with Crippen LogP contribution >= 0.6 is 0 Å². The van der Waals surface area contributed by atoms with E-state index in [1.807, 2.05) is 12.2 Å². The predicted molar refractivity (Wildman–Crippen MR) is 137 cm³/mol. The average Bonchev–Trinajstić information content (AvgIpc) is 3.68. The van der Waals surface area contributed by atoms with Gasteiger partial charge in [0.15, 0.2) is 0 Å². The number of imide groups is 1. The number of fused-ring (bicyclic) bond motifs is 5. The highest BCUT2D eigenvalue weighted by atomic mass is 16.6. The third kappa shape index (κ3) is 3.87. The number of allylic oxidation sites excluding steroid dienone is 2. The van der Waals surface area contributed by atoms with Gasteiger partial charge >= 0.3 is 5.97 Å². The van der Waals surface area contributed by atoms with Crippen molar-refractivity contribution in [1.29, 1.82) is 0 Å². The van der Waals surface area contributed by atoms with E-state index in [9.17, 15) is 29.3 Å². The molecule has 0 aromatic heterocycles.